The number of hydrogen-bond donors (Lipinski definition) is 1. The first-order valence-corrected chi connectivity index (χ1v) is 7.12. The summed E-state index contributed by atoms with van der Waals surface area (Å²) in [5.74, 6) is -0.356. The van der Waals surface area contributed by atoms with Crippen LogP contribution in [0.4, 0.5) is 14.9 Å². The molecule has 0 radical (unpaired) electrons. The van der Waals surface area contributed by atoms with Crippen molar-refractivity contribution < 1.29 is 13.9 Å². The van der Waals surface area contributed by atoms with E-state index in [4.69, 9.17) is 16.3 Å². The molecule has 0 bridgehead atoms. The molecule has 2 rings (SSSR count). The van der Waals surface area contributed by atoms with Crippen LogP contribution in [-0.2, 0) is 4.74 Å². The fourth-order valence-corrected chi connectivity index (χ4v) is 2.48. The number of amides is 1. The quantitative estimate of drug-likeness (QED) is 0.929. The number of para-hydroxylation sites is 1. The number of nitrogens with one attached hydrogen (secondary N) is 1. The van der Waals surface area contributed by atoms with Crippen LogP contribution >= 0.6 is 11.6 Å². The van der Waals surface area contributed by atoms with Crippen LogP contribution in [0.2, 0.25) is 5.02 Å². The summed E-state index contributed by atoms with van der Waals surface area (Å²) in [4.78, 5) is 13.2. The van der Waals surface area contributed by atoms with Gasteiger partial charge >= 0.3 is 6.09 Å². The van der Waals surface area contributed by atoms with Gasteiger partial charge in [-0.2, -0.15) is 0 Å². The normalized spacial score (nSPS) is 16.1. The molecular formula is C14H18ClFN2O2. The lowest BCUT2D eigenvalue weighted by Gasteiger charge is -2.32. The van der Waals surface area contributed by atoms with E-state index < -0.39 is 0 Å². The van der Waals surface area contributed by atoms with Crippen LogP contribution in [0.25, 0.3) is 0 Å². The standard InChI is InChI=1S/C14H18ClFN2O2/c1-2-20-14(19)18-8-6-10(7-9-18)17-13-11(15)4-3-5-12(13)16/h3-5,10,17H,2,6-9H2,1H3. The molecule has 1 aromatic carbocycles. The van der Waals surface area contributed by atoms with Gasteiger partial charge in [0.1, 0.15) is 5.82 Å². The molecule has 0 aliphatic carbocycles. The number of halogens is 2. The third-order valence-electron chi connectivity index (χ3n) is 3.33. The Morgan fingerprint density at radius 2 is 2.20 bits per heavy atom. The highest BCUT2D eigenvalue weighted by atomic mass is 35.5. The second kappa shape index (κ2) is 6.79. The molecule has 1 saturated heterocycles. The van der Waals surface area contributed by atoms with Crippen LogP contribution in [0.5, 0.6) is 0 Å². The third-order valence-corrected chi connectivity index (χ3v) is 3.65. The average Bonchev–Trinajstić information content (AvgIpc) is 2.44. The highest BCUT2D eigenvalue weighted by Crippen LogP contribution is 2.27. The minimum absolute atomic E-state index is 0.107. The lowest BCUT2D eigenvalue weighted by Crippen LogP contribution is -2.42. The zero-order valence-electron chi connectivity index (χ0n) is 11.4. The predicted molar refractivity (Wildman–Crippen MR) is 76.6 cm³/mol. The first-order chi connectivity index (χ1) is 9.61. The van der Waals surface area contributed by atoms with E-state index >= 15 is 0 Å². The summed E-state index contributed by atoms with van der Waals surface area (Å²) in [6, 6.07) is 4.71. The molecule has 1 N–H and O–H groups in total. The minimum atomic E-state index is -0.356. The topological polar surface area (TPSA) is 41.6 Å². The van der Waals surface area contributed by atoms with Crippen molar-refractivity contribution in [3.05, 3.63) is 29.0 Å². The number of nitrogens with zero attached hydrogens (tertiary/aromatic N) is 1. The molecular weight excluding hydrogens is 283 g/mol. The highest BCUT2D eigenvalue weighted by Gasteiger charge is 2.24. The highest BCUT2D eigenvalue weighted by molar-refractivity contribution is 6.33. The number of carbonyl (C=O) groups excluding carboxylic acids is 1. The summed E-state index contributed by atoms with van der Waals surface area (Å²) in [5, 5.41) is 3.50. The van der Waals surface area contributed by atoms with Gasteiger partial charge < -0.3 is 15.0 Å². The van der Waals surface area contributed by atoms with E-state index in [9.17, 15) is 9.18 Å². The number of benzene rings is 1. The number of likely N-dealkylation sites (tertiary alicyclic amines) is 1. The molecule has 0 unspecified atom stereocenters. The first kappa shape index (κ1) is 14.9. The van der Waals surface area contributed by atoms with E-state index in [1.165, 1.54) is 6.07 Å². The maximum Gasteiger partial charge on any atom is 0.409 e. The Morgan fingerprint density at radius 3 is 2.80 bits per heavy atom. The monoisotopic (exact) mass is 300 g/mol. The van der Waals surface area contributed by atoms with Gasteiger partial charge in [-0.25, -0.2) is 9.18 Å². The van der Waals surface area contributed by atoms with Gasteiger partial charge in [0.05, 0.1) is 17.3 Å². The maximum atomic E-state index is 13.7. The number of anilines is 1. The number of ether oxygens (including phenoxy) is 1. The van der Waals surface area contributed by atoms with Crippen LogP contribution in [0, 0.1) is 5.82 Å². The molecule has 1 heterocycles. The van der Waals surface area contributed by atoms with E-state index in [0.717, 1.165) is 12.8 Å². The second-order valence-corrected chi connectivity index (χ2v) is 5.11. The van der Waals surface area contributed by atoms with Crippen LogP contribution in [-0.4, -0.2) is 36.7 Å². The second-order valence-electron chi connectivity index (χ2n) is 4.70. The average molecular weight is 301 g/mol. The van der Waals surface area contributed by atoms with Gasteiger partial charge in [-0.3, -0.25) is 0 Å². The van der Waals surface area contributed by atoms with Crippen LogP contribution in [0.1, 0.15) is 19.8 Å². The lowest BCUT2D eigenvalue weighted by atomic mass is 10.0. The fourth-order valence-electron chi connectivity index (χ4n) is 2.26. The van der Waals surface area contributed by atoms with Crippen LogP contribution in [0.15, 0.2) is 18.2 Å². The molecule has 1 aliphatic heterocycles. The van der Waals surface area contributed by atoms with E-state index in [0.29, 0.717) is 30.4 Å². The number of carbonyl (C=O) groups is 1. The smallest absolute Gasteiger partial charge is 0.409 e. The lowest BCUT2D eigenvalue weighted by molar-refractivity contribution is 0.0983. The molecule has 6 heteroatoms. The molecule has 4 nitrogen and oxygen atoms in total. The van der Waals surface area contributed by atoms with Gasteiger partial charge in [0.15, 0.2) is 0 Å². The molecule has 0 saturated carbocycles. The molecule has 0 atom stereocenters. The van der Waals surface area contributed by atoms with Gasteiger partial charge in [0.2, 0.25) is 0 Å². The summed E-state index contributed by atoms with van der Waals surface area (Å²) in [6.45, 7) is 3.36. The van der Waals surface area contributed by atoms with Crippen molar-refractivity contribution in [3.63, 3.8) is 0 Å². The van der Waals surface area contributed by atoms with Gasteiger partial charge in [0.25, 0.3) is 0 Å². The maximum absolute atomic E-state index is 13.7. The van der Waals surface area contributed by atoms with Crippen molar-refractivity contribution in [1.29, 1.82) is 0 Å². The third kappa shape index (κ3) is 3.54. The zero-order valence-corrected chi connectivity index (χ0v) is 12.1. The first-order valence-electron chi connectivity index (χ1n) is 6.74. The molecule has 1 aliphatic rings. The Labute approximate surface area is 122 Å². The van der Waals surface area contributed by atoms with Crippen molar-refractivity contribution in [1.82, 2.24) is 4.90 Å². The van der Waals surface area contributed by atoms with Gasteiger partial charge in [0, 0.05) is 19.1 Å². The molecule has 1 amide bonds. The summed E-state index contributed by atoms with van der Waals surface area (Å²) >= 11 is 5.98. The van der Waals surface area contributed by atoms with Gasteiger partial charge in [-0.15, -0.1) is 0 Å². The van der Waals surface area contributed by atoms with E-state index in [2.05, 4.69) is 5.32 Å². The Kier molecular flexibility index (Phi) is 5.06. The zero-order chi connectivity index (χ0) is 14.5. The Hall–Kier alpha value is -1.49. The Morgan fingerprint density at radius 1 is 1.50 bits per heavy atom. The molecule has 20 heavy (non-hydrogen) atoms. The summed E-state index contributed by atoms with van der Waals surface area (Å²) in [6.07, 6.45) is 1.20. The van der Waals surface area contributed by atoms with Crippen molar-refractivity contribution in [2.24, 2.45) is 0 Å². The number of piperidine rings is 1. The van der Waals surface area contributed by atoms with Crippen LogP contribution < -0.4 is 5.32 Å². The Bertz CT molecular complexity index is 456. The predicted octanol–water partition coefficient (Wildman–Crippen LogP) is 3.51. The van der Waals surface area contributed by atoms with E-state index in [1.54, 1.807) is 24.0 Å². The summed E-state index contributed by atoms with van der Waals surface area (Å²) in [5.41, 5.74) is 0.337. The SMILES string of the molecule is CCOC(=O)N1CCC(Nc2c(F)cccc2Cl)CC1. The molecule has 0 spiro atoms. The van der Waals surface area contributed by atoms with E-state index in [1.807, 2.05) is 0 Å². The molecule has 0 aromatic heterocycles. The van der Waals surface area contributed by atoms with Crippen molar-refractivity contribution in [2.75, 3.05) is 25.0 Å². The molecule has 1 aromatic rings. The molecule has 1 fully saturated rings. The number of rotatable bonds is 3. The van der Waals surface area contributed by atoms with Gasteiger partial charge in [-0.1, -0.05) is 17.7 Å². The Balaban J connectivity index is 1.90. The van der Waals surface area contributed by atoms with Gasteiger partial charge in [-0.05, 0) is 31.9 Å². The molecule has 110 valence electrons. The largest absolute Gasteiger partial charge is 0.450 e. The number of hydrogen-bond acceptors (Lipinski definition) is 3. The van der Waals surface area contributed by atoms with Crippen molar-refractivity contribution >= 4 is 23.4 Å². The van der Waals surface area contributed by atoms with Crippen LogP contribution in [0.3, 0.4) is 0 Å². The van der Waals surface area contributed by atoms with Crippen molar-refractivity contribution in [3.8, 4) is 0 Å². The summed E-state index contributed by atoms with van der Waals surface area (Å²) in [7, 11) is 0. The minimum Gasteiger partial charge on any atom is -0.450 e. The summed E-state index contributed by atoms with van der Waals surface area (Å²) < 4.78 is 18.6. The van der Waals surface area contributed by atoms with Crippen molar-refractivity contribution in [2.45, 2.75) is 25.8 Å². The van der Waals surface area contributed by atoms with E-state index in [-0.39, 0.29) is 18.0 Å². The fraction of sp³-hybridized carbons (Fsp3) is 0.500.